The standard InChI is InChI=1S/C12H14N2O4/c1-3-8-13-12(15)9(2)18-11-7-5-4-6-10(11)14(16)17/h3-7,9H,1,8H2,2H3,(H,13,15). The van der Waals surface area contributed by atoms with Gasteiger partial charge in [0, 0.05) is 12.6 Å². The molecule has 1 amide bonds. The van der Waals surface area contributed by atoms with Crippen molar-refractivity contribution in [3.05, 3.63) is 47.0 Å². The van der Waals surface area contributed by atoms with Crippen molar-refractivity contribution in [2.45, 2.75) is 13.0 Å². The van der Waals surface area contributed by atoms with Crippen LogP contribution in [0, 0.1) is 10.1 Å². The minimum Gasteiger partial charge on any atom is -0.474 e. The molecule has 0 aromatic heterocycles. The third kappa shape index (κ3) is 3.58. The number of carbonyl (C=O) groups excluding carboxylic acids is 1. The number of para-hydroxylation sites is 2. The second kappa shape index (κ2) is 6.39. The fourth-order valence-electron chi connectivity index (χ4n) is 1.27. The smallest absolute Gasteiger partial charge is 0.310 e. The summed E-state index contributed by atoms with van der Waals surface area (Å²) < 4.78 is 5.28. The number of hydrogen-bond acceptors (Lipinski definition) is 4. The van der Waals surface area contributed by atoms with Crippen LogP contribution >= 0.6 is 0 Å². The van der Waals surface area contributed by atoms with Crippen molar-refractivity contribution in [1.29, 1.82) is 0 Å². The van der Waals surface area contributed by atoms with Crippen LogP contribution in [0.1, 0.15) is 6.92 Å². The van der Waals surface area contributed by atoms with Gasteiger partial charge in [-0.1, -0.05) is 18.2 Å². The van der Waals surface area contributed by atoms with Crippen LogP contribution in [0.5, 0.6) is 5.75 Å². The largest absolute Gasteiger partial charge is 0.474 e. The van der Waals surface area contributed by atoms with E-state index in [1.165, 1.54) is 31.2 Å². The Hall–Kier alpha value is -2.37. The quantitative estimate of drug-likeness (QED) is 0.473. The Morgan fingerprint density at radius 1 is 1.61 bits per heavy atom. The molecule has 0 fully saturated rings. The van der Waals surface area contributed by atoms with Crippen molar-refractivity contribution in [2.24, 2.45) is 0 Å². The molecule has 0 aliphatic carbocycles. The molecular weight excluding hydrogens is 236 g/mol. The van der Waals surface area contributed by atoms with Gasteiger partial charge in [0.25, 0.3) is 5.91 Å². The van der Waals surface area contributed by atoms with E-state index in [0.717, 1.165) is 0 Å². The summed E-state index contributed by atoms with van der Waals surface area (Å²) in [6.45, 7) is 5.31. The number of nitro benzene ring substituents is 1. The van der Waals surface area contributed by atoms with Crippen molar-refractivity contribution >= 4 is 11.6 Å². The Morgan fingerprint density at radius 3 is 2.89 bits per heavy atom. The van der Waals surface area contributed by atoms with Crippen LogP contribution in [0.4, 0.5) is 5.69 Å². The van der Waals surface area contributed by atoms with Gasteiger partial charge in [-0.2, -0.15) is 0 Å². The van der Waals surface area contributed by atoms with E-state index in [4.69, 9.17) is 4.74 Å². The van der Waals surface area contributed by atoms with E-state index in [2.05, 4.69) is 11.9 Å². The molecule has 0 spiro atoms. The lowest BCUT2D eigenvalue weighted by atomic mass is 10.3. The van der Waals surface area contributed by atoms with E-state index in [1.807, 2.05) is 0 Å². The predicted molar refractivity (Wildman–Crippen MR) is 66.4 cm³/mol. The van der Waals surface area contributed by atoms with Crippen LogP contribution in [-0.2, 0) is 4.79 Å². The monoisotopic (exact) mass is 250 g/mol. The van der Waals surface area contributed by atoms with Crippen LogP contribution < -0.4 is 10.1 Å². The van der Waals surface area contributed by atoms with Gasteiger partial charge in [-0.3, -0.25) is 14.9 Å². The number of nitro groups is 1. The minimum absolute atomic E-state index is 0.0729. The molecule has 0 radical (unpaired) electrons. The van der Waals surface area contributed by atoms with Crippen molar-refractivity contribution < 1.29 is 14.5 Å². The van der Waals surface area contributed by atoms with Gasteiger partial charge in [-0.15, -0.1) is 6.58 Å². The molecule has 0 aliphatic rings. The molecule has 1 unspecified atom stereocenters. The summed E-state index contributed by atoms with van der Waals surface area (Å²) in [4.78, 5) is 21.7. The highest BCUT2D eigenvalue weighted by atomic mass is 16.6. The number of benzene rings is 1. The van der Waals surface area contributed by atoms with Gasteiger partial charge in [-0.05, 0) is 13.0 Å². The molecule has 6 nitrogen and oxygen atoms in total. The predicted octanol–water partition coefficient (Wildman–Crippen LogP) is 1.66. The number of amides is 1. The SMILES string of the molecule is C=CCNC(=O)C(C)Oc1ccccc1[N+](=O)[O-]. The number of nitrogens with one attached hydrogen (secondary N) is 1. The highest BCUT2D eigenvalue weighted by molar-refractivity contribution is 5.80. The molecule has 0 bridgehead atoms. The molecule has 0 heterocycles. The molecule has 0 saturated carbocycles. The van der Waals surface area contributed by atoms with Gasteiger partial charge in [0.15, 0.2) is 11.9 Å². The first-order chi connectivity index (χ1) is 8.56. The zero-order chi connectivity index (χ0) is 13.5. The lowest BCUT2D eigenvalue weighted by Crippen LogP contribution is -2.36. The summed E-state index contributed by atoms with van der Waals surface area (Å²) in [5, 5.41) is 13.3. The molecule has 18 heavy (non-hydrogen) atoms. The molecule has 6 heteroatoms. The van der Waals surface area contributed by atoms with Crippen molar-refractivity contribution in [3.8, 4) is 5.75 Å². The van der Waals surface area contributed by atoms with Crippen molar-refractivity contribution in [3.63, 3.8) is 0 Å². The molecule has 1 aromatic rings. The number of rotatable bonds is 6. The van der Waals surface area contributed by atoms with E-state index < -0.39 is 11.0 Å². The average molecular weight is 250 g/mol. The summed E-state index contributed by atoms with van der Waals surface area (Å²) in [5.41, 5.74) is -0.166. The van der Waals surface area contributed by atoms with Crippen molar-refractivity contribution in [2.75, 3.05) is 6.54 Å². The number of hydrogen-bond donors (Lipinski definition) is 1. The lowest BCUT2D eigenvalue weighted by Gasteiger charge is -2.13. The fourth-order valence-corrected chi connectivity index (χ4v) is 1.27. The number of ether oxygens (including phenoxy) is 1. The maximum Gasteiger partial charge on any atom is 0.310 e. The second-order valence-corrected chi connectivity index (χ2v) is 3.52. The summed E-state index contributed by atoms with van der Waals surface area (Å²) in [5.74, 6) is -0.281. The molecule has 1 N–H and O–H groups in total. The molecule has 1 atom stereocenters. The van der Waals surface area contributed by atoms with E-state index >= 15 is 0 Å². The normalized spacial score (nSPS) is 11.4. The van der Waals surface area contributed by atoms with Gasteiger partial charge < -0.3 is 10.1 Å². The Morgan fingerprint density at radius 2 is 2.28 bits per heavy atom. The van der Waals surface area contributed by atoms with Gasteiger partial charge in [-0.25, -0.2) is 0 Å². The van der Waals surface area contributed by atoms with E-state index in [9.17, 15) is 14.9 Å². The first-order valence-corrected chi connectivity index (χ1v) is 5.35. The third-order valence-corrected chi connectivity index (χ3v) is 2.16. The van der Waals surface area contributed by atoms with E-state index in [1.54, 1.807) is 6.07 Å². The number of carbonyl (C=O) groups is 1. The maximum absolute atomic E-state index is 11.5. The molecule has 0 aliphatic heterocycles. The molecule has 96 valence electrons. The van der Waals surface area contributed by atoms with Gasteiger partial charge in [0.1, 0.15) is 0 Å². The van der Waals surface area contributed by atoms with Gasteiger partial charge in [0.2, 0.25) is 0 Å². The van der Waals surface area contributed by atoms with Crippen LogP contribution in [0.2, 0.25) is 0 Å². The maximum atomic E-state index is 11.5. The van der Waals surface area contributed by atoms with Crippen LogP contribution in [0.25, 0.3) is 0 Å². The molecular formula is C12H14N2O4. The van der Waals surface area contributed by atoms with Crippen LogP contribution in [-0.4, -0.2) is 23.5 Å². The number of nitrogens with zero attached hydrogens (tertiary/aromatic N) is 1. The Balaban J connectivity index is 2.75. The highest BCUT2D eigenvalue weighted by Gasteiger charge is 2.19. The average Bonchev–Trinajstić information content (AvgIpc) is 2.36. The minimum atomic E-state index is -0.814. The highest BCUT2D eigenvalue weighted by Crippen LogP contribution is 2.26. The first kappa shape index (κ1) is 13.7. The van der Waals surface area contributed by atoms with Gasteiger partial charge >= 0.3 is 5.69 Å². The molecule has 0 saturated heterocycles. The van der Waals surface area contributed by atoms with Crippen LogP contribution in [0.3, 0.4) is 0 Å². The second-order valence-electron chi connectivity index (χ2n) is 3.52. The summed E-state index contributed by atoms with van der Waals surface area (Å²) >= 11 is 0. The van der Waals surface area contributed by atoms with E-state index in [-0.39, 0.29) is 17.3 Å². The van der Waals surface area contributed by atoms with Gasteiger partial charge in [0.05, 0.1) is 4.92 Å². The van der Waals surface area contributed by atoms with Crippen molar-refractivity contribution in [1.82, 2.24) is 5.32 Å². The van der Waals surface area contributed by atoms with Crippen LogP contribution in [0.15, 0.2) is 36.9 Å². The summed E-state index contributed by atoms with van der Waals surface area (Å²) in [6.07, 6.45) is 0.723. The Labute approximate surface area is 104 Å². The zero-order valence-electron chi connectivity index (χ0n) is 9.96. The topological polar surface area (TPSA) is 81.5 Å². The Bertz CT molecular complexity index is 459. The summed E-state index contributed by atoms with van der Waals surface area (Å²) in [7, 11) is 0. The molecule has 1 aromatic carbocycles. The zero-order valence-corrected chi connectivity index (χ0v) is 9.96. The fraction of sp³-hybridized carbons (Fsp3) is 0.250. The Kier molecular flexibility index (Phi) is 4.86. The summed E-state index contributed by atoms with van der Waals surface area (Å²) in [6, 6.07) is 5.92. The van der Waals surface area contributed by atoms with E-state index in [0.29, 0.717) is 6.54 Å². The third-order valence-electron chi connectivity index (χ3n) is 2.16. The molecule has 1 rings (SSSR count). The lowest BCUT2D eigenvalue weighted by molar-refractivity contribution is -0.386. The first-order valence-electron chi connectivity index (χ1n) is 5.35.